The summed E-state index contributed by atoms with van der Waals surface area (Å²) < 4.78 is 3.39. The number of benzene rings is 1. The van der Waals surface area contributed by atoms with E-state index in [0.717, 1.165) is 49.4 Å². The van der Waals surface area contributed by atoms with Gasteiger partial charge in [0.25, 0.3) is 5.56 Å². The third-order valence-electron chi connectivity index (χ3n) is 5.69. The number of hydrogen-bond acceptors (Lipinski definition) is 6. The van der Waals surface area contributed by atoms with Crippen LogP contribution >= 0.6 is 11.6 Å². The van der Waals surface area contributed by atoms with E-state index in [9.17, 15) is 4.79 Å². The van der Waals surface area contributed by atoms with E-state index in [0.29, 0.717) is 21.7 Å². The van der Waals surface area contributed by atoms with Crippen molar-refractivity contribution >= 4 is 28.3 Å². The molecule has 0 atom stereocenters. The van der Waals surface area contributed by atoms with E-state index in [-0.39, 0.29) is 5.56 Å². The Morgan fingerprint density at radius 2 is 1.77 bits per heavy atom. The number of likely N-dealkylation sites (N-methyl/N-ethyl adjacent to an activating group) is 1. The van der Waals surface area contributed by atoms with E-state index in [1.807, 2.05) is 41.5 Å². The average Bonchev–Trinajstić information content (AvgIpc) is 3.14. The largest absolute Gasteiger partial charge is 0.307 e. The minimum absolute atomic E-state index is 0.173. The molecule has 9 heteroatoms. The molecule has 1 aromatic carbocycles. The fraction of sp³-hybridized carbons (Fsp3) is 0.333. The zero-order valence-electron chi connectivity index (χ0n) is 16.9. The Balaban J connectivity index is 1.68. The van der Waals surface area contributed by atoms with Gasteiger partial charge in [0.1, 0.15) is 5.52 Å². The van der Waals surface area contributed by atoms with Gasteiger partial charge in [0, 0.05) is 37.4 Å². The molecule has 3 aromatic heterocycles. The van der Waals surface area contributed by atoms with Crippen molar-refractivity contribution in [1.82, 2.24) is 29.4 Å². The molecule has 30 heavy (non-hydrogen) atoms. The van der Waals surface area contributed by atoms with Crippen LogP contribution in [0.4, 0.5) is 0 Å². The fourth-order valence-electron chi connectivity index (χ4n) is 3.98. The van der Waals surface area contributed by atoms with E-state index in [2.05, 4.69) is 29.1 Å². The number of pyridine rings is 1. The van der Waals surface area contributed by atoms with E-state index in [4.69, 9.17) is 16.7 Å². The van der Waals surface area contributed by atoms with Gasteiger partial charge in [-0.15, -0.1) is 10.2 Å². The van der Waals surface area contributed by atoms with Crippen molar-refractivity contribution in [2.45, 2.75) is 13.3 Å². The maximum absolute atomic E-state index is 13.2. The van der Waals surface area contributed by atoms with Gasteiger partial charge in [-0.05, 0) is 37.2 Å². The van der Waals surface area contributed by atoms with Gasteiger partial charge >= 0.3 is 0 Å². The molecule has 0 spiro atoms. The number of fused-ring (bicyclic) bond motifs is 3. The van der Waals surface area contributed by atoms with E-state index in [1.165, 1.54) is 0 Å². The van der Waals surface area contributed by atoms with Gasteiger partial charge in [-0.25, -0.2) is 9.19 Å². The Morgan fingerprint density at radius 3 is 2.47 bits per heavy atom. The highest BCUT2D eigenvalue weighted by atomic mass is 35.5. The number of aromatic nitrogens is 5. The van der Waals surface area contributed by atoms with Crippen LogP contribution in [-0.2, 0) is 6.42 Å². The molecule has 1 fully saturated rings. The maximum Gasteiger partial charge on any atom is 0.298 e. The molecule has 0 saturated carbocycles. The number of halogens is 1. The molecule has 0 amide bonds. The lowest BCUT2D eigenvalue weighted by Gasteiger charge is -2.34. The van der Waals surface area contributed by atoms with Gasteiger partial charge in [-0.1, -0.05) is 30.7 Å². The molecule has 154 valence electrons. The highest BCUT2D eigenvalue weighted by molar-refractivity contribution is 6.30. The predicted molar refractivity (Wildman–Crippen MR) is 118 cm³/mol. The zero-order chi connectivity index (χ0) is 20.8. The summed E-state index contributed by atoms with van der Waals surface area (Å²) in [5.74, 6) is 0. The minimum atomic E-state index is -0.173. The first kappa shape index (κ1) is 19.0. The van der Waals surface area contributed by atoms with E-state index in [1.54, 1.807) is 9.19 Å². The monoisotopic (exact) mass is 423 g/mol. The van der Waals surface area contributed by atoms with Crippen LogP contribution in [0.3, 0.4) is 0 Å². The Morgan fingerprint density at radius 1 is 1.03 bits per heavy atom. The minimum Gasteiger partial charge on any atom is -0.307 e. The second kappa shape index (κ2) is 7.37. The van der Waals surface area contributed by atoms with Gasteiger partial charge in [0.15, 0.2) is 11.2 Å². The van der Waals surface area contributed by atoms with Gasteiger partial charge in [-0.2, -0.15) is 5.10 Å². The topological polar surface area (TPSA) is 71.6 Å². The van der Waals surface area contributed by atoms with Crippen LogP contribution in [0, 0.1) is 0 Å². The molecular weight excluding hydrogens is 402 g/mol. The Labute approximate surface area is 178 Å². The van der Waals surface area contributed by atoms with Crippen molar-refractivity contribution < 1.29 is 0 Å². The van der Waals surface area contributed by atoms with Crippen molar-refractivity contribution in [2.75, 3.05) is 38.2 Å². The first-order chi connectivity index (χ1) is 14.6. The Kier molecular flexibility index (Phi) is 4.67. The van der Waals surface area contributed by atoms with Crippen LogP contribution in [0.25, 0.3) is 27.8 Å². The summed E-state index contributed by atoms with van der Waals surface area (Å²) in [4.78, 5) is 15.4. The first-order valence-corrected chi connectivity index (χ1v) is 10.4. The van der Waals surface area contributed by atoms with Gasteiger partial charge < -0.3 is 9.91 Å². The molecule has 1 aliphatic heterocycles. The zero-order valence-corrected chi connectivity index (χ0v) is 17.7. The summed E-state index contributed by atoms with van der Waals surface area (Å²) in [5, 5.41) is 16.2. The molecule has 0 bridgehead atoms. The smallest absolute Gasteiger partial charge is 0.298 e. The lowest BCUT2D eigenvalue weighted by Crippen LogP contribution is -2.53. The third kappa shape index (κ3) is 3.03. The molecule has 1 aliphatic rings. The molecule has 8 nitrogen and oxygen atoms in total. The second-order valence-electron chi connectivity index (χ2n) is 7.57. The normalized spacial score (nSPS) is 15.4. The van der Waals surface area contributed by atoms with Crippen LogP contribution in [0.15, 0.2) is 41.3 Å². The summed E-state index contributed by atoms with van der Waals surface area (Å²) in [6.07, 6.45) is 2.55. The van der Waals surface area contributed by atoms with E-state index < -0.39 is 0 Å². The molecule has 5 rings (SSSR count). The average molecular weight is 424 g/mol. The fourth-order valence-corrected chi connectivity index (χ4v) is 4.10. The number of nitrogens with zero attached hydrogens (tertiary/aromatic N) is 7. The molecule has 0 N–H and O–H groups in total. The van der Waals surface area contributed by atoms with Crippen LogP contribution in [0.5, 0.6) is 0 Å². The van der Waals surface area contributed by atoms with Crippen molar-refractivity contribution in [2.24, 2.45) is 0 Å². The molecule has 1 saturated heterocycles. The lowest BCUT2D eigenvalue weighted by atomic mass is 10.0. The quantitative estimate of drug-likeness (QED) is 0.503. The summed E-state index contributed by atoms with van der Waals surface area (Å²) in [5.41, 5.74) is 4.24. The van der Waals surface area contributed by atoms with Crippen molar-refractivity contribution in [3.05, 3.63) is 57.6 Å². The SMILES string of the molecule is CCc1nn2c(nnc3c(=O)n(N4CCN(C)CC4)ccc32)c1-c1ccc(Cl)cc1. The molecule has 0 aliphatic carbocycles. The Bertz CT molecular complexity index is 1290. The first-order valence-electron chi connectivity index (χ1n) is 10.1. The predicted octanol–water partition coefficient (Wildman–Crippen LogP) is 2.21. The van der Waals surface area contributed by atoms with Gasteiger partial charge in [-0.3, -0.25) is 4.79 Å². The van der Waals surface area contributed by atoms with Crippen molar-refractivity contribution in [1.29, 1.82) is 0 Å². The highest BCUT2D eigenvalue weighted by Crippen LogP contribution is 2.29. The lowest BCUT2D eigenvalue weighted by molar-refractivity contribution is 0.286. The number of rotatable bonds is 3. The van der Waals surface area contributed by atoms with Gasteiger partial charge in [0.05, 0.1) is 11.3 Å². The molecule has 0 unspecified atom stereocenters. The number of piperazine rings is 1. The third-order valence-corrected chi connectivity index (χ3v) is 5.94. The van der Waals surface area contributed by atoms with Crippen LogP contribution in [0.2, 0.25) is 5.02 Å². The van der Waals surface area contributed by atoms with Crippen molar-refractivity contribution in [3.8, 4) is 11.1 Å². The number of aryl methyl sites for hydroxylation is 1. The summed E-state index contributed by atoms with van der Waals surface area (Å²) in [6, 6.07) is 9.51. The van der Waals surface area contributed by atoms with Crippen molar-refractivity contribution in [3.63, 3.8) is 0 Å². The summed E-state index contributed by atoms with van der Waals surface area (Å²) >= 11 is 6.05. The van der Waals surface area contributed by atoms with Crippen LogP contribution in [-0.4, -0.2) is 62.6 Å². The number of hydrogen-bond donors (Lipinski definition) is 0. The summed E-state index contributed by atoms with van der Waals surface area (Å²) in [7, 11) is 2.09. The second-order valence-corrected chi connectivity index (χ2v) is 8.01. The molecule has 4 aromatic rings. The van der Waals surface area contributed by atoms with Crippen LogP contribution in [0.1, 0.15) is 12.6 Å². The maximum atomic E-state index is 13.2. The standard InChI is InChI=1S/C21H22ClN7O/c1-3-16-18(14-4-6-15(22)7-5-14)20-24-23-19-17(29(20)25-16)8-9-28(21(19)30)27-12-10-26(2)11-13-27/h4-9H,3,10-13H2,1-2H3. The van der Waals surface area contributed by atoms with Gasteiger partial charge in [0.2, 0.25) is 0 Å². The molecule has 0 radical (unpaired) electrons. The molecular formula is C21H22ClN7O. The summed E-state index contributed by atoms with van der Waals surface area (Å²) in [6.45, 7) is 5.47. The van der Waals surface area contributed by atoms with Crippen LogP contribution < -0.4 is 10.6 Å². The highest BCUT2D eigenvalue weighted by Gasteiger charge is 2.21. The van der Waals surface area contributed by atoms with E-state index >= 15 is 0 Å². The Hall–Kier alpha value is -2.97. The molecule has 4 heterocycles.